The number of benzene rings is 1. The predicted octanol–water partition coefficient (Wildman–Crippen LogP) is 2.81. The second-order valence-electron chi connectivity index (χ2n) is 5.06. The molecular formula is C14H17NOS. The van der Waals surface area contributed by atoms with Crippen LogP contribution in [0, 0.1) is 0 Å². The van der Waals surface area contributed by atoms with E-state index >= 15 is 0 Å². The van der Waals surface area contributed by atoms with Crippen LogP contribution in [0.3, 0.4) is 0 Å². The second-order valence-corrected chi connectivity index (χ2v) is 5.50. The number of carbonyl (C=O) groups is 1. The van der Waals surface area contributed by atoms with E-state index in [0.717, 1.165) is 5.56 Å². The fourth-order valence-electron chi connectivity index (χ4n) is 3.45. The Morgan fingerprint density at radius 2 is 1.65 bits per heavy atom. The molecule has 2 aliphatic heterocycles. The molecule has 3 rings (SSSR count). The summed E-state index contributed by atoms with van der Waals surface area (Å²) in [7, 11) is 0. The molecule has 1 atom stereocenters. The van der Waals surface area contributed by atoms with Crippen LogP contribution in [0.25, 0.3) is 0 Å². The summed E-state index contributed by atoms with van der Waals surface area (Å²) < 4.78 is 0. The van der Waals surface area contributed by atoms with Gasteiger partial charge in [0.1, 0.15) is 6.04 Å². The summed E-state index contributed by atoms with van der Waals surface area (Å²) in [5.74, 6) is 0. The van der Waals surface area contributed by atoms with Crippen LogP contribution >= 0.6 is 12.6 Å². The SMILES string of the molecule is O=C(S)C(c1ccccc1)N1C2CCC1CC2. The maximum Gasteiger partial charge on any atom is 0.207 e. The van der Waals surface area contributed by atoms with Gasteiger partial charge in [-0.2, -0.15) is 0 Å². The molecule has 3 heteroatoms. The monoisotopic (exact) mass is 247 g/mol. The Labute approximate surface area is 107 Å². The van der Waals surface area contributed by atoms with Crippen molar-refractivity contribution in [2.24, 2.45) is 0 Å². The lowest BCUT2D eigenvalue weighted by Crippen LogP contribution is -2.36. The van der Waals surface area contributed by atoms with Crippen molar-refractivity contribution in [1.82, 2.24) is 4.90 Å². The molecule has 2 saturated heterocycles. The van der Waals surface area contributed by atoms with Crippen LogP contribution in [-0.2, 0) is 4.79 Å². The van der Waals surface area contributed by atoms with E-state index in [9.17, 15) is 4.79 Å². The molecule has 2 fully saturated rings. The van der Waals surface area contributed by atoms with E-state index in [2.05, 4.69) is 17.5 Å². The smallest absolute Gasteiger partial charge is 0.207 e. The molecule has 1 aromatic rings. The molecule has 1 aromatic carbocycles. The van der Waals surface area contributed by atoms with Gasteiger partial charge >= 0.3 is 0 Å². The molecule has 2 aliphatic rings. The number of carbonyl (C=O) groups excluding carboxylic acids is 1. The van der Waals surface area contributed by atoms with Gasteiger partial charge in [-0.3, -0.25) is 9.69 Å². The van der Waals surface area contributed by atoms with Crippen LogP contribution in [0.1, 0.15) is 37.3 Å². The van der Waals surface area contributed by atoms with Gasteiger partial charge < -0.3 is 0 Å². The first-order chi connectivity index (χ1) is 8.27. The van der Waals surface area contributed by atoms with Gasteiger partial charge in [0.2, 0.25) is 5.12 Å². The minimum atomic E-state index is -0.139. The molecule has 0 N–H and O–H groups in total. The average Bonchev–Trinajstić information content (AvgIpc) is 2.91. The van der Waals surface area contributed by atoms with Crippen molar-refractivity contribution in [2.45, 2.75) is 43.8 Å². The number of thiol groups is 1. The third kappa shape index (κ3) is 1.91. The molecule has 90 valence electrons. The van der Waals surface area contributed by atoms with E-state index in [0.29, 0.717) is 12.1 Å². The van der Waals surface area contributed by atoms with Crippen molar-refractivity contribution in [1.29, 1.82) is 0 Å². The molecule has 17 heavy (non-hydrogen) atoms. The van der Waals surface area contributed by atoms with E-state index in [-0.39, 0.29) is 11.2 Å². The zero-order valence-corrected chi connectivity index (χ0v) is 10.6. The molecule has 0 aromatic heterocycles. The van der Waals surface area contributed by atoms with Gasteiger partial charge in [0, 0.05) is 12.1 Å². The zero-order chi connectivity index (χ0) is 11.8. The third-order valence-corrected chi connectivity index (χ3v) is 4.40. The highest BCUT2D eigenvalue weighted by Crippen LogP contribution is 2.43. The Morgan fingerprint density at radius 3 is 2.12 bits per heavy atom. The van der Waals surface area contributed by atoms with Crippen LogP contribution < -0.4 is 0 Å². The highest BCUT2D eigenvalue weighted by atomic mass is 32.1. The van der Waals surface area contributed by atoms with Gasteiger partial charge in [0.05, 0.1) is 0 Å². The van der Waals surface area contributed by atoms with Gasteiger partial charge in [0.25, 0.3) is 0 Å². The van der Waals surface area contributed by atoms with E-state index in [1.54, 1.807) is 0 Å². The van der Waals surface area contributed by atoms with Crippen molar-refractivity contribution in [3.63, 3.8) is 0 Å². The van der Waals surface area contributed by atoms with Crippen molar-refractivity contribution in [3.8, 4) is 0 Å². The number of fused-ring (bicyclic) bond motifs is 2. The van der Waals surface area contributed by atoms with Crippen molar-refractivity contribution < 1.29 is 4.79 Å². The topological polar surface area (TPSA) is 20.3 Å². The van der Waals surface area contributed by atoms with E-state index in [4.69, 9.17) is 0 Å². The number of hydrogen-bond acceptors (Lipinski definition) is 2. The lowest BCUT2D eigenvalue weighted by molar-refractivity contribution is -0.116. The Kier molecular flexibility index (Phi) is 2.97. The highest BCUT2D eigenvalue weighted by Gasteiger charge is 2.44. The third-order valence-electron chi connectivity index (χ3n) is 4.16. The summed E-state index contributed by atoms with van der Waals surface area (Å²) in [5, 5.41) is -0.0185. The molecule has 0 spiro atoms. The minimum absolute atomic E-state index is 0.0185. The van der Waals surface area contributed by atoms with Gasteiger partial charge in [-0.05, 0) is 31.2 Å². The Bertz CT molecular complexity index is 399. The van der Waals surface area contributed by atoms with Crippen LogP contribution in [0.4, 0.5) is 0 Å². The average molecular weight is 247 g/mol. The molecular weight excluding hydrogens is 230 g/mol. The van der Waals surface area contributed by atoms with Crippen LogP contribution in [0.2, 0.25) is 0 Å². The Hall–Kier alpha value is -0.800. The summed E-state index contributed by atoms with van der Waals surface area (Å²) in [5.41, 5.74) is 1.09. The molecule has 2 heterocycles. The first kappa shape index (κ1) is 11.3. The molecule has 0 aliphatic carbocycles. The first-order valence-electron chi connectivity index (χ1n) is 6.32. The quantitative estimate of drug-likeness (QED) is 0.829. The number of nitrogens with zero attached hydrogens (tertiary/aromatic N) is 1. The summed E-state index contributed by atoms with van der Waals surface area (Å²) in [6, 6.07) is 11.1. The zero-order valence-electron chi connectivity index (χ0n) is 9.75. The van der Waals surface area contributed by atoms with E-state index < -0.39 is 0 Å². The van der Waals surface area contributed by atoms with Crippen molar-refractivity contribution in [2.75, 3.05) is 0 Å². The predicted molar refractivity (Wildman–Crippen MR) is 71.1 cm³/mol. The maximum atomic E-state index is 11.9. The summed E-state index contributed by atoms with van der Waals surface area (Å²) in [6.07, 6.45) is 4.98. The van der Waals surface area contributed by atoms with Gasteiger partial charge in [0.15, 0.2) is 0 Å². The Morgan fingerprint density at radius 1 is 1.12 bits per heavy atom. The van der Waals surface area contributed by atoms with Crippen LogP contribution in [0.5, 0.6) is 0 Å². The highest BCUT2D eigenvalue weighted by molar-refractivity contribution is 7.96. The first-order valence-corrected chi connectivity index (χ1v) is 6.77. The lowest BCUT2D eigenvalue weighted by Gasteiger charge is -2.30. The fourth-order valence-corrected chi connectivity index (χ4v) is 3.73. The van der Waals surface area contributed by atoms with Crippen molar-refractivity contribution >= 4 is 17.7 Å². The maximum absolute atomic E-state index is 11.9. The molecule has 2 nitrogen and oxygen atoms in total. The molecule has 2 bridgehead atoms. The van der Waals surface area contributed by atoms with E-state index in [1.807, 2.05) is 30.3 Å². The lowest BCUT2D eigenvalue weighted by atomic mass is 10.0. The Balaban J connectivity index is 1.94. The molecule has 0 radical (unpaired) electrons. The van der Waals surface area contributed by atoms with Gasteiger partial charge in [-0.15, -0.1) is 12.6 Å². The molecule has 0 saturated carbocycles. The number of hydrogen-bond donors (Lipinski definition) is 1. The molecule has 0 amide bonds. The fraction of sp³-hybridized carbons (Fsp3) is 0.500. The van der Waals surface area contributed by atoms with Crippen LogP contribution in [0.15, 0.2) is 30.3 Å². The summed E-state index contributed by atoms with van der Waals surface area (Å²) >= 11 is 4.11. The van der Waals surface area contributed by atoms with Crippen molar-refractivity contribution in [3.05, 3.63) is 35.9 Å². The largest absolute Gasteiger partial charge is 0.285 e. The number of rotatable bonds is 3. The minimum Gasteiger partial charge on any atom is -0.285 e. The van der Waals surface area contributed by atoms with Gasteiger partial charge in [-0.1, -0.05) is 30.3 Å². The second kappa shape index (κ2) is 4.46. The standard InChI is InChI=1S/C14H17NOS/c16-14(17)13(10-4-2-1-3-5-10)15-11-6-7-12(15)9-8-11/h1-5,11-13H,6-9H2,(H,16,17). The molecule has 1 unspecified atom stereocenters. The van der Waals surface area contributed by atoms with Crippen LogP contribution in [-0.4, -0.2) is 22.1 Å². The van der Waals surface area contributed by atoms with E-state index in [1.165, 1.54) is 25.7 Å². The normalized spacial score (nSPS) is 29.5. The van der Waals surface area contributed by atoms with Gasteiger partial charge in [-0.25, -0.2) is 0 Å². The summed E-state index contributed by atoms with van der Waals surface area (Å²) in [4.78, 5) is 14.3. The summed E-state index contributed by atoms with van der Waals surface area (Å²) in [6.45, 7) is 0.